The van der Waals surface area contributed by atoms with Gasteiger partial charge in [0.15, 0.2) is 0 Å². The van der Waals surface area contributed by atoms with E-state index in [1.54, 1.807) is 12.1 Å². The summed E-state index contributed by atoms with van der Waals surface area (Å²) in [6.45, 7) is 0. The Morgan fingerprint density at radius 2 is 1.15 bits per heavy atom. The van der Waals surface area contributed by atoms with Crippen LogP contribution in [0.25, 0.3) is 5.57 Å². The van der Waals surface area contributed by atoms with E-state index in [4.69, 9.17) is 0 Å². The van der Waals surface area contributed by atoms with E-state index in [1.807, 2.05) is 78.9 Å². The van der Waals surface area contributed by atoms with Gasteiger partial charge in [-0.05, 0) is 29.8 Å². The van der Waals surface area contributed by atoms with E-state index in [0.717, 1.165) is 10.5 Å². The number of anilines is 1. The van der Waals surface area contributed by atoms with Crippen LogP contribution in [0.5, 0.6) is 0 Å². The van der Waals surface area contributed by atoms with Crippen LogP contribution in [0, 0.1) is 0 Å². The topological polar surface area (TPSA) is 37.4 Å². The maximum absolute atomic E-state index is 13.2. The molecule has 3 aromatic rings. The molecule has 0 fully saturated rings. The molecule has 26 heavy (non-hydrogen) atoms. The Labute approximate surface area is 156 Å². The molecule has 3 nitrogen and oxygen atoms in total. The predicted molar refractivity (Wildman–Crippen MR) is 105 cm³/mol. The Hall–Kier alpha value is -3.11. The van der Waals surface area contributed by atoms with E-state index >= 15 is 0 Å². The Morgan fingerprint density at radius 3 is 1.77 bits per heavy atom. The van der Waals surface area contributed by atoms with Gasteiger partial charge in [0.25, 0.3) is 11.8 Å². The molecule has 0 atom stereocenters. The molecule has 4 heteroatoms. The van der Waals surface area contributed by atoms with Crippen molar-refractivity contribution in [1.29, 1.82) is 0 Å². The molecule has 2 amide bonds. The zero-order valence-corrected chi connectivity index (χ0v) is 14.6. The van der Waals surface area contributed by atoms with Gasteiger partial charge in [0.05, 0.1) is 16.2 Å². The van der Waals surface area contributed by atoms with Crippen molar-refractivity contribution in [3.8, 4) is 0 Å². The highest BCUT2D eigenvalue weighted by molar-refractivity contribution is 8.04. The first-order valence-corrected chi connectivity index (χ1v) is 9.04. The Morgan fingerprint density at radius 1 is 0.615 bits per heavy atom. The van der Waals surface area contributed by atoms with Crippen LogP contribution in [-0.2, 0) is 9.59 Å². The van der Waals surface area contributed by atoms with E-state index in [2.05, 4.69) is 0 Å². The minimum absolute atomic E-state index is 0.283. The zero-order valence-electron chi connectivity index (χ0n) is 13.8. The van der Waals surface area contributed by atoms with Crippen molar-refractivity contribution < 1.29 is 9.59 Å². The maximum Gasteiger partial charge on any atom is 0.272 e. The van der Waals surface area contributed by atoms with Crippen molar-refractivity contribution in [3.05, 3.63) is 101 Å². The van der Waals surface area contributed by atoms with Crippen molar-refractivity contribution in [3.63, 3.8) is 0 Å². The van der Waals surface area contributed by atoms with Crippen LogP contribution in [0.2, 0.25) is 0 Å². The highest BCUT2D eigenvalue weighted by atomic mass is 32.2. The first-order chi connectivity index (χ1) is 12.8. The van der Waals surface area contributed by atoms with Crippen LogP contribution >= 0.6 is 11.8 Å². The number of carbonyl (C=O) groups is 2. The summed E-state index contributed by atoms with van der Waals surface area (Å²) >= 11 is 1.33. The summed E-state index contributed by atoms with van der Waals surface area (Å²) in [4.78, 5) is 28.9. The fourth-order valence-corrected chi connectivity index (χ4v) is 3.90. The Kier molecular flexibility index (Phi) is 4.42. The second kappa shape index (κ2) is 7.02. The third-order valence-corrected chi connectivity index (χ3v) is 5.17. The number of amides is 2. The van der Waals surface area contributed by atoms with Gasteiger partial charge in [0, 0.05) is 4.90 Å². The number of rotatable bonds is 4. The third-order valence-electron chi connectivity index (χ3n) is 4.08. The Bertz CT molecular complexity index is 982. The molecule has 126 valence electrons. The summed E-state index contributed by atoms with van der Waals surface area (Å²) < 4.78 is 0. The standard InChI is InChI=1S/C22H15NO2S/c24-21-19(16-10-4-1-5-11-16)20(26-18-14-8-3-9-15-18)22(25)23(21)17-12-6-2-7-13-17/h1-15H. The number of thioether (sulfide) groups is 1. The van der Waals surface area contributed by atoms with E-state index in [9.17, 15) is 9.59 Å². The molecule has 0 radical (unpaired) electrons. The monoisotopic (exact) mass is 357 g/mol. The minimum atomic E-state index is -0.286. The van der Waals surface area contributed by atoms with Gasteiger partial charge in [0.1, 0.15) is 0 Å². The normalized spacial score (nSPS) is 14.2. The molecule has 3 aromatic carbocycles. The molecular weight excluding hydrogens is 342 g/mol. The summed E-state index contributed by atoms with van der Waals surface area (Å²) in [5, 5.41) is 0. The van der Waals surface area contributed by atoms with Crippen molar-refractivity contribution in [1.82, 2.24) is 0 Å². The molecule has 1 heterocycles. The smallest absolute Gasteiger partial charge is 0.268 e. The molecular formula is C22H15NO2S. The SMILES string of the molecule is O=C1C(Sc2ccccc2)=C(c2ccccc2)C(=O)N1c1ccccc1. The number of benzene rings is 3. The van der Waals surface area contributed by atoms with E-state index in [0.29, 0.717) is 16.2 Å². The van der Waals surface area contributed by atoms with Gasteiger partial charge in [0.2, 0.25) is 0 Å². The van der Waals surface area contributed by atoms with Gasteiger partial charge < -0.3 is 0 Å². The molecule has 4 rings (SSSR count). The van der Waals surface area contributed by atoms with Crippen LogP contribution in [0.3, 0.4) is 0 Å². The number of nitrogens with zero attached hydrogens (tertiary/aromatic N) is 1. The van der Waals surface area contributed by atoms with Crippen LogP contribution in [0.15, 0.2) is 101 Å². The van der Waals surface area contributed by atoms with Gasteiger partial charge >= 0.3 is 0 Å². The lowest BCUT2D eigenvalue weighted by Gasteiger charge is -2.14. The van der Waals surface area contributed by atoms with Gasteiger partial charge in [-0.15, -0.1) is 0 Å². The largest absolute Gasteiger partial charge is 0.272 e. The number of imide groups is 1. The quantitative estimate of drug-likeness (QED) is 0.632. The first kappa shape index (κ1) is 16.4. The van der Waals surface area contributed by atoms with Crippen LogP contribution in [-0.4, -0.2) is 11.8 Å². The number of hydrogen-bond acceptors (Lipinski definition) is 3. The summed E-state index contributed by atoms with van der Waals surface area (Å²) in [5.74, 6) is -0.570. The minimum Gasteiger partial charge on any atom is -0.268 e. The van der Waals surface area contributed by atoms with Gasteiger partial charge in [-0.3, -0.25) is 9.59 Å². The maximum atomic E-state index is 13.2. The predicted octanol–water partition coefficient (Wildman–Crippen LogP) is 4.76. The van der Waals surface area contributed by atoms with Crippen LogP contribution in [0.4, 0.5) is 5.69 Å². The van der Waals surface area contributed by atoms with Gasteiger partial charge in [-0.2, -0.15) is 0 Å². The lowest BCUT2D eigenvalue weighted by molar-refractivity contribution is -0.119. The number of para-hydroxylation sites is 1. The average molecular weight is 357 g/mol. The third kappa shape index (κ3) is 2.95. The molecule has 0 spiro atoms. The molecule has 0 saturated carbocycles. The summed E-state index contributed by atoms with van der Waals surface area (Å²) in [5.41, 5.74) is 1.79. The molecule has 0 bridgehead atoms. The van der Waals surface area contributed by atoms with E-state index < -0.39 is 0 Å². The molecule has 0 saturated heterocycles. The average Bonchev–Trinajstić information content (AvgIpc) is 2.94. The van der Waals surface area contributed by atoms with Crippen molar-refractivity contribution in [2.45, 2.75) is 4.90 Å². The fraction of sp³-hybridized carbons (Fsp3) is 0. The molecule has 1 aliphatic rings. The Balaban J connectivity index is 1.82. The number of hydrogen-bond donors (Lipinski definition) is 0. The van der Waals surface area contributed by atoms with E-state index in [-0.39, 0.29) is 11.8 Å². The molecule has 0 unspecified atom stereocenters. The van der Waals surface area contributed by atoms with Crippen molar-refractivity contribution >= 4 is 34.8 Å². The molecule has 0 N–H and O–H groups in total. The molecule has 0 aliphatic carbocycles. The molecule has 0 aromatic heterocycles. The van der Waals surface area contributed by atoms with Gasteiger partial charge in [-0.25, -0.2) is 4.90 Å². The first-order valence-electron chi connectivity index (χ1n) is 8.22. The zero-order chi connectivity index (χ0) is 17.9. The second-order valence-electron chi connectivity index (χ2n) is 5.77. The fourth-order valence-electron chi connectivity index (χ4n) is 2.88. The highest BCUT2D eigenvalue weighted by Gasteiger charge is 2.40. The second-order valence-corrected chi connectivity index (χ2v) is 6.85. The highest BCUT2D eigenvalue weighted by Crippen LogP contribution is 2.41. The lowest BCUT2D eigenvalue weighted by atomic mass is 10.1. The molecule has 1 aliphatic heterocycles. The van der Waals surface area contributed by atoms with Crippen LogP contribution < -0.4 is 4.90 Å². The summed E-state index contributed by atoms with van der Waals surface area (Å²) in [6, 6.07) is 28.0. The summed E-state index contributed by atoms with van der Waals surface area (Å²) in [7, 11) is 0. The van der Waals surface area contributed by atoms with Gasteiger partial charge in [-0.1, -0.05) is 78.5 Å². The summed E-state index contributed by atoms with van der Waals surface area (Å²) in [6.07, 6.45) is 0. The number of carbonyl (C=O) groups excluding carboxylic acids is 2. The lowest BCUT2D eigenvalue weighted by Crippen LogP contribution is -2.31. The van der Waals surface area contributed by atoms with Crippen LogP contribution in [0.1, 0.15) is 5.56 Å². The van der Waals surface area contributed by atoms with Crippen molar-refractivity contribution in [2.75, 3.05) is 4.90 Å². The van der Waals surface area contributed by atoms with Crippen molar-refractivity contribution in [2.24, 2.45) is 0 Å². The van der Waals surface area contributed by atoms with E-state index in [1.165, 1.54) is 16.7 Å².